The van der Waals surface area contributed by atoms with Crippen molar-refractivity contribution in [2.24, 2.45) is 0 Å². The highest BCUT2D eigenvalue weighted by Gasteiger charge is 2.22. The number of nitrogens with one attached hydrogen (secondary N) is 1. The Kier molecular flexibility index (Phi) is 5.81. The van der Waals surface area contributed by atoms with Gasteiger partial charge in [-0.25, -0.2) is 8.42 Å². The van der Waals surface area contributed by atoms with Crippen LogP contribution in [0.4, 0.5) is 5.69 Å². The van der Waals surface area contributed by atoms with Crippen molar-refractivity contribution in [1.82, 2.24) is 5.32 Å². The molecule has 0 heterocycles. The highest BCUT2D eigenvalue weighted by atomic mass is 32.2. The average molecular weight is 362 g/mol. The van der Waals surface area contributed by atoms with E-state index in [4.69, 9.17) is 0 Å². The SMILES string of the molecule is Cc1ccc(N(C)S(=O)(=O)c2cccc(C(=O)NC[C@H](C)O)c2)cc1. The molecule has 0 aliphatic heterocycles. The first-order valence-corrected chi connectivity index (χ1v) is 9.28. The van der Waals surface area contributed by atoms with Crippen LogP contribution in [-0.2, 0) is 10.0 Å². The monoisotopic (exact) mass is 362 g/mol. The van der Waals surface area contributed by atoms with Crippen molar-refractivity contribution < 1.29 is 18.3 Å². The summed E-state index contributed by atoms with van der Waals surface area (Å²) in [6.07, 6.45) is -0.677. The van der Waals surface area contributed by atoms with E-state index in [1.165, 1.54) is 35.6 Å². The van der Waals surface area contributed by atoms with Crippen molar-refractivity contribution in [3.8, 4) is 0 Å². The van der Waals surface area contributed by atoms with Gasteiger partial charge >= 0.3 is 0 Å². The fourth-order valence-corrected chi connectivity index (χ4v) is 3.43. The molecule has 0 radical (unpaired) electrons. The first kappa shape index (κ1) is 19.0. The van der Waals surface area contributed by atoms with E-state index in [-0.39, 0.29) is 17.0 Å². The highest BCUT2D eigenvalue weighted by molar-refractivity contribution is 7.92. The number of hydrogen-bond acceptors (Lipinski definition) is 4. The number of carbonyl (C=O) groups is 1. The molecule has 2 rings (SSSR count). The van der Waals surface area contributed by atoms with Gasteiger partial charge in [0.15, 0.2) is 0 Å². The van der Waals surface area contributed by atoms with Gasteiger partial charge in [0.2, 0.25) is 0 Å². The number of amides is 1. The van der Waals surface area contributed by atoms with Crippen molar-refractivity contribution in [2.75, 3.05) is 17.9 Å². The summed E-state index contributed by atoms with van der Waals surface area (Å²) in [7, 11) is -2.32. The molecule has 2 N–H and O–H groups in total. The molecule has 2 aromatic rings. The second kappa shape index (κ2) is 7.67. The van der Waals surface area contributed by atoms with Crippen molar-refractivity contribution in [3.63, 3.8) is 0 Å². The lowest BCUT2D eigenvalue weighted by molar-refractivity contribution is 0.0924. The number of benzene rings is 2. The van der Waals surface area contributed by atoms with Crippen LogP contribution in [0.15, 0.2) is 53.4 Å². The molecule has 134 valence electrons. The van der Waals surface area contributed by atoms with Crippen LogP contribution in [-0.4, -0.2) is 39.1 Å². The van der Waals surface area contributed by atoms with Crippen molar-refractivity contribution >= 4 is 21.6 Å². The molecule has 0 spiro atoms. The molecule has 2 aromatic carbocycles. The molecular formula is C18H22N2O4S. The third-order valence-electron chi connectivity index (χ3n) is 3.71. The predicted molar refractivity (Wildman–Crippen MR) is 97.2 cm³/mol. The van der Waals surface area contributed by atoms with Crippen LogP contribution in [0.3, 0.4) is 0 Å². The van der Waals surface area contributed by atoms with E-state index in [2.05, 4.69) is 5.32 Å². The molecule has 0 fully saturated rings. The van der Waals surface area contributed by atoms with Gasteiger partial charge in [0.05, 0.1) is 16.7 Å². The van der Waals surface area contributed by atoms with Crippen molar-refractivity contribution in [3.05, 3.63) is 59.7 Å². The summed E-state index contributed by atoms with van der Waals surface area (Å²) in [6.45, 7) is 3.57. The fourth-order valence-electron chi connectivity index (χ4n) is 2.19. The van der Waals surface area contributed by atoms with E-state index in [1.807, 2.05) is 19.1 Å². The Bertz CT molecular complexity index is 846. The number of carbonyl (C=O) groups excluding carboxylic acids is 1. The van der Waals surface area contributed by atoms with E-state index in [0.29, 0.717) is 5.69 Å². The molecule has 0 unspecified atom stereocenters. The maximum Gasteiger partial charge on any atom is 0.264 e. The van der Waals surface area contributed by atoms with Gasteiger partial charge in [0.25, 0.3) is 15.9 Å². The number of aliphatic hydroxyl groups is 1. The summed E-state index contributed by atoms with van der Waals surface area (Å²) < 4.78 is 26.8. The lowest BCUT2D eigenvalue weighted by Gasteiger charge is -2.20. The molecule has 0 aromatic heterocycles. The van der Waals surface area contributed by atoms with Gasteiger partial charge in [-0.2, -0.15) is 0 Å². The van der Waals surface area contributed by atoms with E-state index in [9.17, 15) is 18.3 Å². The van der Waals surface area contributed by atoms with E-state index < -0.39 is 22.0 Å². The summed E-state index contributed by atoms with van der Waals surface area (Å²) in [5.74, 6) is -0.434. The Labute approximate surface area is 148 Å². The topological polar surface area (TPSA) is 86.7 Å². The Hall–Kier alpha value is -2.38. The molecule has 1 atom stereocenters. The third-order valence-corrected chi connectivity index (χ3v) is 5.49. The summed E-state index contributed by atoms with van der Waals surface area (Å²) in [5.41, 5.74) is 1.79. The zero-order chi connectivity index (χ0) is 18.6. The van der Waals surface area contributed by atoms with Gasteiger partial charge in [-0.1, -0.05) is 23.8 Å². The van der Waals surface area contributed by atoms with Gasteiger partial charge in [-0.05, 0) is 44.2 Å². The molecule has 0 saturated carbocycles. The second-order valence-electron chi connectivity index (χ2n) is 5.89. The van der Waals surface area contributed by atoms with Crippen molar-refractivity contribution in [2.45, 2.75) is 24.8 Å². The van der Waals surface area contributed by atoms with Crippen LogP contribution in [0, 0.1) is 6.92 Å². The van der Waals surface area contributed by atoms with Gasteiger partial charge in [0.1, 0.15) is 0 Å². The fraction of sp³-hybridized carbons (Fsp3) is 0.278. The zero-order valence-corrected chi connectivity index (χ0v) is 15.2. The molecular weight excluding hydrogens is 340 g/mol. The quantitative estimate of drug-likeness (QED) is 0.822. The minimum atomic E-state index is -3.79. The van der Waals surface area contributed by atoms with Gasteiger partial charge in [-0.15, -0.1) is 0 Å². The lowest BCUT2D eigenvalue weighted by Crippen LogP contribution is -2.31. The third kappa shape index (κ3) is 4.58. The van der Waals surface area contributed by atoms with E-state index in [0.717, 1.165) is 5.56 Å². The molecule has 0 bridgehead atoms. The smallest absolute Gasteiger partial charge is 0.264 e. The van der Waals surface area contributed by atoms with Crippen molar-refractivity contribution in [1.29, 1.82) is 0 Å². The van der Waals surface area contributed by atoms with E-state index >= 15 is 0 Å². The van der Waals surface area contributed by atoms with Crippen LogP contribution < -0.4 is 9.62 Å². The first-order valence-electron chi connectivity index (χ1n) is 7.84. The maximum atomic E-state index is 12.8. The molecule has 1 amide bonds. The van der Waals surface area contributed by atoms with Crippen LogP contribution in [0.5, 0.6) is 0 Å². The van der Waals surface area contributed by atoms with E-state index in [1.54, 1.807) is 19.1 Å². The standard InChI is InChI=1S/C18H22N2O4S/c1-13-7-9-16(10-8-13)20(3)25(23,24)17-6-4-5-15(11-17)18(22)19-12-14(2)21/h4-11,14,21H,12H2,1-3H3,(H,19,22)/t14-/m0/s1. The minimum Gasteiger partial charge on any atom is -0.392 e. The zero-order valence-electron chi connectivity index (χ0n) is 14.4. The number of rotatable bonds is 6. The molecule has 25 heavy (non-hydrogen) atoms. The molecule has 0 aliphatic rings. The maximum absolute atomic E-state index is 12.8. The Morgan fingerprint density at radius 2 is 1.84 bits per heavy atom. The number of anilines is 1. The highest BCUT2D eigenvalue weighted by Crippen LogP contribution is 2.23. The summed E-state index contributed by atoms with van der Waals surface area (Å²) >= 11 is 0. The Morgan fingerprint density at radius 3 is 2.44 bits per heavy atom. The molecule has 0 saturated heterocycles. The van der Waals surface area contributed by atoms with Crippen LogP contribution in [0.1, 0.15) is 22.8 Å². The Morgan fingerprint density at radius 1 is 1.20 bits per heavy atom. The van der Waals surface area contributed by atoms with Crippen LogP contribution in [0.25, 0.3) is 0 Å². The van der Waals surface area contributed by atoms with Gasteiger partial charge in [-0.3, -0.25) is 9.10 Å². The van der Waals surface area contributed by atoms with Gasteiger partial charge in [0, 0.05) is 19.2 Å². The molecule has 6 nitrogen and oxygen atoms in total. The minimum absolute atomic E-state index is 0.0280. The molecule has 7 heteroatoms. The molecule has 0 aliphatic carbocycles. The van der Waals surface area contributed by atoms with Gasteiger partial charge < -0.3 is 10.4 Å². The number of aliphatic hydroxyl groups excluding tert-OH is 1. The number of nitrogens with zero attached hydrogens (tertiary/aromatic N) is 1. The van der Waals surface area contributed by atoms with Crippen LogP contribution in [0.2, 0.25) is 0 Å². The average Bonchev–Trinajstić information content (AvgIpc) is 2.59. The summed E-state index contributed by atoms with van der Waals surface area (Å²) in [5, 5.41) is 11.8. The summed E-state index contributed by atoms with van der Waals surface area (Å²) in [6, 6.07) is 13.0. The summed E-state index contributed by atoms with van der Waals surface area (Å²) in [4.78, 5) is 12.1. The number of aryl methyl sites for hydroxylation is 1. The number of sulfonamides is 1. The lowest BCUT2D eigenvalue weighted by atomic mass is 10.2. The first-order chi connectivity index (χ1) is 11.7. The normalized spacial score (nSPS) is 12.5. The predicted octanol–water partition coefficient (Wildman–Crippen LogP) is 1.93. The largest absolute Gasteiger partial charge is 0.392 e. The van der Waals surface area contributed by atoms with Crippen LogP contribution >= 0.6 is 0 Å². The second-order valence-corrected chi connectivity index (χ2v) is 7.86. The number of hydrogen-bond donors (Lipinski definition) is 2. The Balaban J connectivity index is 2.29.